The van der Waals surface area contributed by atoms with Crippen LogP contribution in [0.5, 0.6) is 0 Å². The van der Waals surface area contributed by atoms with Crippen molar-refractivity contribution in [2.75, 3.05) is 31.1 Å². The lowest BCUT2D eigenvalue weighted by molar-refractivity contribution is -0.172. The predicted octanol–water partition coefficient (Wildman–Crippen LogP) is -1.52. The number of amides is 3. The molecule has 9 heteroatoms. The summed E-state index contributed by atoms with van der Waals surface area (Å²) in [4.78, 5) is 39.0. The maximum absolute atomic E-state index is 12.5. The first-order chi connectivity index (χ1) is 10.4. The molecule has 2 saturated heterocycles. The normalized spacial score (nSPS) is 23.1. The lowest BCUT2D eigenvalue weighted by atomic mass is 9.70. The number of piperidine rings is 1. The first-order valence-corrected chi connectivity index (χ1v) is 8.49. The first-order valence-electron chi connectivity index (χ1n) is 7.23. The number of primary amides is 1. The maximum Gasteiger partial charge on any atom is 0.241 e. The quantitative estimate of drug-likeness (QED) is 0.358. The van der Waals surface area contributed by atoms with Crippen molar-refractivity contribution in [3.05, 3.63) is 0 Å². The summed E-state index contributed by atoms with van der Waals surface area (Å²) in [6.07, 6.45) is 1.18. The molecule has 124 valence electrons. The molecule has 7 nitrogen and oxygen atoms in total. The molecular formula is C13H22N4O3S2. The molecule has 3 amide bonds. The molecule has 2 fully saturated rings. The molecule has 2 aliphatic rings. The van der Waals surface area contributed by atoms with Crippen LogP contribution in [0.15, 0.2) is 0 Å². The zero-order valence-electron chi connectivity index (χ0n) is 12.3. The maximum atomic E-state index is 12.5. The number of rotatable bonds is 5. The van der Waals surface area contributed by atoms with E-state index in [4.69, 9.17) is 11.5 Å². The Morgan fingerprint density at radius 1 is 1.23 bits per heavy atom. The van der Waals surface area contributed by atoms with Gasteiger partial charge in [-0.25, -0.2) is 0 Å². The van der Waals surface area contributed by atoms with Gasteiger partial charge in [-0.05, 0) is 12.8 Å². The minimum absolute atomic E-state index is 0.0593. The summed E-state index contributed by atoms with van der Waals surface area (Å²) < 4.78 is 0. The molecular weight excluding hydrogens is 324 g/mol. The molecule has 4 N–H and O–H groups in total. The van der Waals surface area contributed by atoms with E-state index >= 15 is 0 Å². The molecule has 0 unspecified atom stereocenters. The average Bonchev–Trinajstić information content (AvgIpc) is 2.53. The van der Waals surface area contributed by atoms with Crippen LogP contribution in [0.3, 0.4) is 0 Å². The molecule has 0 aromatic heterocycles. The van der Waals surface area contributed by atoms with Crippen LogP contribution in [0.4, 0.5) is 0 Å². The molecule has 0 aromatic rings. The van der Waals surface area contributed by atoms with Crippen LogP contribution < -0.4 is 11.5 Å². The van der Waals surface area contributed by atoms with Crippen molar-refractivity contribution in [2.24, 2.45) is 16.9 Å². The van der Waals surface area contributed by atoms with Crippen molar-refractivity contribution < 1.29 is 14.4 Å². The third kappa shape index (κ3) is 2.93. The van der Waals surface area contributed by atoms with Crippen molar-refractivity contribution in [3.63, 3.8) is 0 Å². The van der Waals surface area contributed by atoms with Gasteiger partial charge in [-0.1, -0.05) is 0 Å². The summed E-state index contributed by atoms with van der Waals surface area (Å²) >= 11 is 8.11. The summed E-state index contributed by atoms with van der Waals surface area (Å²) in [5.41, 5.74) is 10.5. The molecule has 0 bridgehead atoms. The summed E-state index contributed by atoms with van der Waals surface area (Å²) in [7, 11) is 0. The van der Waals surface area contributed by atoms with Crippen LogP contribution in [0, 0.1) is 5.41 Å². The van der Waals surface area contributed by atoms with E-state index in [9.17, 15) is 14.4 Å². The summed E-state index contributed by atoms with van der Waals surface area (Å²) in [5.74, 6) is -0.200. The monoisotopic (exact) mass is 346 g/mol. The third-order valence-corrected chi connectivity index (χ3v) is 5.35. The Balaban J connectivity index is 1.94. The van der Waals surface area contributed by atoms with Gasteiger partial charge in [-0.3, -0.25) is 14.4 Å². The minimum atomic E-state index is -0.654. The fourth-order valence-electron chi connectivity index (χ4n) is 3.11. The van der Waals surface area contributed by atoms with E-state index in [-0.39, 0.29) is 17.6 Å². The SMILES string of the molecule is NC(=O)[C@H](CS)N1CC2(CCN(C(=O)[C@@H](N)CS)CC2)C1=O. The van der Waals surface area contributed by atoms with Crippen molar-refractivity contribution in [3.8, 4) is 0 Å². The van der Waals surface area contributed by atoms with Gasteiger partial charge in [0, 0.05) is 31.1 Å². The fraction of sp³-hybridized carbons (Fsp3) is 0.769. The number of thiol groups is 2. The van der Waals surface area contributed by atoms with Crippen LogP contribution in [0.25, 0.3) is 0 Å². The Labute approximate surface area is 140 Å². The largest absolute Gasteiger partial charge is 0.368 e. The van der Waals surface area contributed by atoms with Crippen LogP contribution >= 0.6 is 25.3 Å². The molecule has 2 aliphatic heterocycles. The van der Waals surface area contributed by atoms with Gasteiger partial charge in [0.1, 0.15) is 6.04 Å². The Morgan fingerprint density at radius 3 is 2.23 bits per heavy atom. The van der Waals surface area contributed by atoms with Gasteiger partial charge in [0.15, 0.2) is 0 Å². The van der Waals surface area contributed by atoms with Gasteiger partial charge in [0.05, 0.1) is 11.5 Å². The van der Waals surface area contributed by atoms with Crippen molar-refractivity contribution in [1.82, 2.24) is 9.80 Å². The van der Waals surface area contributed by atoms with Gasteiger partial charge >= 0.3 is 0 Å². The van der Waals surface area contributed by atoms with E-state index in [0.29, 0.717) is 38.2 Å². The summed E-state index contributed by atoms with van der Waals surface area (Å²) in [5, 5.41) is 0. The number of β-lactam (4-membered cyclic amide) rings is 1. The molecule has 0 saturated carbocycles. The lowest BCUT2D eigenvalue weighted by Crippen LogP contribution is -2.69. The van der Waals surface area contributed by atoms with E-state index < -0.39 is 23.4 Å². The van der Waals surface area contributed by atoms with E-state index in [1.165, 1.54) is 4.90 Å². The molecule has 0 radical (unpaired) electrons. The van der Waals surface area contributed by atoms with Gasteiger partial charge < -0.3 is 21.3 Å². The Kier molecular flexibility index (Phi) is 5.29. The highest BCUT2D eigenvalue weighted by atomic mass is 32.1. The molecule has 1 spiro atoms. The number of nitrogens with zero attached hydrogens (tertiary/aromatic N) is 2. The van der Waals surface area contributed by atoms with Crippen LogP contribution in [-0.4, -0.2) is 70.7 Å². The zero-order chi connectivity index (χ0) is 16.5. The van der Waals surface area contributed by atoms with E-state index in [2.05, 4.69) is 25.3 Å². The number of nitrogens with two attached hydrogens (primary N) is 2. The van der Waals surface area contributed by atoms with E-state index in [1.54, 1.807) is 4.90 Å². The molecule has 2 atom stereocenters. The number of hydrogen-bond donors (Lipinski definition) is 4. The summed E-state index contributed by atoms with van der Waals surface area (Å²) in [6, 6.07) is -1.26. The predicted molar refractivity (Wildman–Crippen MR) is 88.6 cm³/mol. The standard InChI is InChI=1S/C13H22N4O3S2/c14-8(5-21)11(19)16-3-1-13(2-4-16)7-17(12(13)20)9(6-22)10(15)18/h8-9,21-22H,1-7,14H2,(H2,15,18)/t8-,9-/m0/s1. The summed E-state index contributed by atoms with van der Waals surface area (Å²) in [6.45, 7) is 1.50. The second-order valence-electron chi connectivity index (χ2n) is 5.93. The molecule has 2 rings (SSSR count). The zero-order valence-corrected chi connectivity index (χ0v) is 14.1. The first kappa shape index (κ1) is 17.4. The Morgan fingerprint density at radius 2 is 1.82 bits per heavy atom. The van der Waals surface area contributed by atoms with Crippen molar-refractivity contribution >= 4 is 43.0 Å². The Bertz CT molecular complexity index is 480. The van der Waals surface area contributed by atoms with Gasteiger partial charge in [0.2, 0.25) is 17.7 Å². The second kappa shape index (κ2) is 6.67. The van der Waals surface area contributed by atoms with Crippen molar-refractivity contribution in [1.29, 1.82) is 0 Å². The van der Waals surface area contributed by atoms with Gasteiger partial charge in [0.25, 0.3) is 0 Å². The molecule has 22 heavy (non-hydrogen) atoms. The highest BCUT2D eigenvalue weighted by molar-refractivity contribution is 7.80. The van der Waals surface area contributed by atoms with Crippen LogP contribution in [0.2, 0.25) is 0 Å². The number of hydrogen-bond acceptors (Lipinski definition) is 6. The highest BCUT2D eigenvalue weighted by Crippen LogP contribution is 2.42. The molecule has 0 aromatic carbocycles. The topological polar surface area (TPSA) is 110 Å². The van der Waals surface area contributed by atoms with Gasteiger partial charge in [-0.15, -0.1) is 0 Å². The van der Waals surface area contributed by atoms with Crippen LogP contribution in [0.1, 0.15) is 12.8 Å². The molecule has 2 heterocycles. The number of carbonyl (C=O) groups is 3. The van der Waals surface area contributed by atoms with Crippen LogP contribution in [-0.2, 0) is 14.4 Å². The third-order valence-electron chi connectivity index (χ3n) is 4.61. The smallest absolute Gasteiger partial charge is 0.241 e. The lowest BCUT2D eigenvalue weighted by Gasteiger charge is -2.54. The highest BCUT2D eigenvalue weighted by Gasteiger charge is 2.55. The fourth-order valence-corrected chi connectivity index (χ4v) is 3.65. The minimum Gasteiger partial charge on any atom is -0.368 e. The Hall–Kier alpha value is -0.930. The number of likely N-dealkylation sites (tertiary alicyclic amines) is 2. The van der Waals surface area contributed by atoms with Crippen molar-refractivity contribution in [2.45, 2.75) is 24.9 Å². The number of carbonyl (C=O) groups excluding carboxylic acids is 3. The second-order valence-corrected chi connectivity index (χ2v) is 6.66. The van der Waals surface area contributed by atoms with E-state index in [0.717, 1.165) is 0 Å². The van der Waals surface area contributed by atoms with Gasteiger partial charge in [-0.2, -0.15) is 25.3 Å². The van der Waals surface area contributed by atoms with E-state index in [1.807, 2.05) is 0 Å². The average molecular weight is 346 g/mol. The molecule has 0 aliphatic carbocycles.